The number of hydrogen-bond acceptors (Lipinski definition) is 0. The minimum absolute atomic E-state index is 0.681. The highest BCUT2D eigenvalue weighted by molar-refractivity contribution is 6.17. The maximum atomic E-state index is 5.52. The molecule has 0 bridgehead atoms. The normalized spacial score (nSPS) is 9.44. The molecule has 0 saturated carbocycles. The molecule has 47 valence electrons. The van der Waals surface area contributed by atoms with Crippen molar-refractivity contribution in [3.8, 4) is 0 Å². The van der Waals surface area contributed by atoms with Gasteiger partial charge in [0.15, 0.2) is 0 Å². The van der Waals surface area contributed by atoms with Crippen molar-refractivity contribution in [1.29, 1.82) is 0 Å². The Kier molecular flexibility index (Phi) is 2.59. The summed E-state index contributed by atoms with van der Waals surface area (Å²) in [7, 11) is 0. The second kappa shape index (κ2) is 3.52. The van der Waals surface area contributed by atoms with Crippen molar-refractivity contribution in [2.24, 2.45) is 0 Å². The number of alkyl halides is 1. The Balaban J connectivity index is 2.61. The van der Waals surface area contributed by atoms with Crippen LogP contribution >= 0.6 is 11.6 Å². The lowest BCUT2D eigenvalue weighted by molar-refractivity contribution is 1.15. The number of hydrogen-bond donors (Lipinski definition) is 0. The molecule has 0 unspecified atom stereocenters. The summed E-state index contributed by atoms with van der Waals surface area (Å²) in [5.74, 6) is 0.681. The van der Waals surface area contributed by atoms with E-state index >= 15 is 0 Å². The minimum Gasteiger partial charge on any atom is -0.126 e. The molecule has 1 radical (unpaired) electrons. The molecule has 0 aliphatic rings. The van der Waals surface area contributed by atoms with Gasteiger partial charge >= 0.3 is 0 Å². The summed E-state index contributed by atoms with van der Waals surface area (Å²) >= 11 is 5.52. The van der Waals surface area contributed by atoms with Crippen LogP contribution in [0.4, 0.5) is 0 Å². The highest BCUT2D eigenvalue weighted by Gasteiger charge is 1.86. The van der Waals surface area contributed by atoms with E-state index in [9.17, 15) is 0 Å². The summed E-state index contributed by atoms with van der Waals surface area (Å²) in [6, 6.07) is 11.0. The number of halogens is 1. The number of rotatable bonds is 2. The molecule has 0 amide bonds. The molecule has 0 spiro atoms. The van der Waals surface area contributed by atoms with E-state index in [0.29, 0.717) is 5.88 Å². The summed E-state index contributed by atoms with van der Waals surface area (Å²) in [6.45, 7) is 0. The smallest absolute Gasteiger partial charge is 0.0264 e. The van der Waals surface area contributed by atoms with Gasteiger partial charge in [0.1, 0.15) is 0 Å². The van der Waals surface area contributed by atoms with Crippen LogP contribution in [0.3, 0.4) is 0 Å². The van der Waals surface area contributed by atoms with Crippen molar-refractivity contribution < 1.29 is 0 Å². The van der Waals surface area contributed by atoms with E-state index < -0.39 is 0 Å². The molecule has 1 aromatic carbocycles. The number of benzene rings is 1. The summed E-state index contributed by atoms with van der Waals surface area (Å²) < 4.78 is 0. The zero-order valence-corrected chi connectivity index (χ0v) is 5.86. The molecule has 0 saturated heterocycles. The quantitative estimate of drug-likeness (QED) is 0.552. The molecule has 0 nitrogen and oxygen atoms in total. The van der Waals surface area contributed by atoms with Gasteiger partial charge in [0.2, 0.25) is 0 Å². The maximum Gasteiger partial charge on any atom is 0.0264 e. The summed E-state index contributed by atoms with van der Waals surface area (Å²) in [5, 5.41) is 0. The van der Waals surface area contributed by atoms with Gasteiger partial charge in [-0.1, -0.05) is 24.3 Å². The van der Waals surface area contributed by atoms with E-state index in [0.717, 1.165) is 6.42 Å². The van der Waals surface area contributed by atoms with Crippen LogP contribution in [0.2, 0.25) is 0 Å². The van der Waals surface area contributed by atoms with Crippen LogP contribution in [0.1, 0.15) is 5.56 Å². The van der Waals surface area contributed by atoms with Crippen LogP contribution in [0.25, 0.3) is 0 Å². The number of aryl methyl sites for hydroxylation is 1. The molecule has 1 rings (SSSR count). The molecule has 9 heavy (non-hydrogen) atoms. The molecule has 0 heterocycles. The fourth-order valence-corrected chi connectivity index (χ4v) is 0.891. The highest BCUT2D eigenvalue weighted by atomic mass is 35.5. The predicted molar refractivity (Wildman–Crippen MR) is 39.7 cm³/mol. The Morgan fingerprint density at radius 2 is 2.33 bits per heavy atom. The second-order valence-electron chi connectivity index (χ2n) is 1.83. The van der Waals surface area contributed by atoms with Crippen molar-refractivity contribution in [3.63, 3.8) is 0 Å². The van der Waals surface area contributed by atoms with Crippen molar-refractivity contribution in [3.05, 3.63) is 35.9 Å². The second-order valence-corrected chi connectivity index (χ2v) is 2.20. The molecule has 0 atom stereocenters. The Labute approximate surface area is 60.5 Å². The third-order valence-corrected chi connectivity index (χ3v) is 1.33. The lowest BCUT2D eigenvalue weighted by atomic mass is 10.2. The van der Waals surface area contributed by atoms with Crippen LogP contribution < -0.4 is 0 Å². The Bertz CT molecular complexity index is 157. The van der Waals surface area contributed by atoms with Crippen LogP contribution in [-0.4, -0.2) is 5.88 Å². The van der Waals surface area contributed by atoms with E-state index in [-0.39, 0.29) is 0 Å². The molecule has 0 aliphatic carbocycles. The van der Waals surface area contributed by atoms with Gasteiger partial charge < -0.3 is 0 Å². The maximum absolute atomic E-state index is 5.52. The fraction of sp³-hybridized carbons (Fsp3) is 0.250. The summed E-state index contributed by atoms with van der Waals surface area (Å²) in [5.41, 5.74) is 1.19. The van der Waals surface area contributed by atoms with E-state index in [1.807, 2.05) is 24.3 Å². The van der Waals surface area contributed by atoms with Gasteiger partial charge in [-0.25, -0.2) is 0 Å². The van der Waals surface area contributed by atoms with Gasteiger partial charge in [-0.05, 0) is 18.1 Å². The van der Waals surface area contributed by atoms with E-state index in [2.05, 4.69) is 6.07 Å². The van der Waals surface area contributed by atoms with Gasteiger partial charge in [0.25, 0.3) is 0 Å². The first kappa shape index (κ1) is 6.63. The van der Waals surface area contributed by atoms with Crippen LogP contribution in [0.15, 0.2) is 24.3 Å². The van der Waals surface area contributed by atoms with E-state index in [1.165, 1.54) is 5.56 Å². The van der Waals surface area contributed by atoms with Crippen molar-refractivity contribution in [2.75, 3.05) is 5.88 Å². The lowest BCUT2D eigenvalue weighted by Gasteiger charge is -1.92. The van der Waals surface area contributed by atoms with Crippen molar-refractivity contribution >= 4 is 11.6 Å². The third-order valence-electron chi connectivity index (χ3n) is 1.14. The highest BCUT2D eigenvalue weighted by Crippen LogP contribution is 1.98. The Morgan fingerprint density at radius 3 is 2.89 bits per heavy atom. The average molecular weight is 140 g/mol. The largest absolute Gasteiger partial charge is 0.126 e. The van der Waals surface area contributed by atoms with E-state index in [4.69, 9.17) is 11.6 Å². The summed E-state index contributed by atoms with van der Waals surface area (Å²) in [6.07, 6.45) is 0.919. The SMILES string of the molecule is ClCCc1[c]cccc1. The first-order valence-corrected chi connectivity index (χ1v) is 3.48. The fourth-order valence-electron chi connectivity index (χ4n) is 0.688. The predicted octanol–water partition coefficient (Wildman–Crippen LogP) is 2.27. The third kappa shape index (κ3) is 2.06. The summed E-state index contributed by atoms with van der Waals surface area (Å²) in [4.78, 5) is 0. The Morgan fingerprint density at radius 1 is 1.44 bits per heavy atom. The molecule has 0 aliphatic heterocycles. The molecule has 1 aromatic rings. The molecule has 0 fully saturated rings. The molecule has 1 heteroatoms. The van der Waals surface area contributed by atoms with Crippen molar-refractivity contribution in [2.45, 2.75) is 6.42 Å². The standard InChI is InChI=1S/C8H8Cl/c9-7-6-8-4-2-1-3-5-8/h1-4H,6-7H2. The van der Waals surface area contributed by atoms with Crippen LogP contribution in [0, 0.1) is 6.07 Å². The molecular formula is C8H8Cl. The van der Waals surface area contributed by atoms with Gasteiger partial charge in [-0.15, -0.1) is 11.6 Å². The first-order valence-electron chi connectivity index (χ1n) is 2.95. The zero-order valence-electron chi connectivity index (χ0n) is 5.10. The zero-order chi connectivity index (χ0) is 6.53. The topological polar surface area (TPSA) is 0 Å². The average Bonchev–Trinajstić information content (AvgIpc) is 1.91. The Hall–Kier alpha value is -0.490. The van der Waals surface area contributed by atoms with Gasteiger partial charge in [0, 0.05) is 5.88 Å². The first-order chi connectivity index (χ1) is 4.43. The van der Waals surface area contributed by atoms with E-state index in [1.54, 1.807) is 0 Å². The van der Waals surface area contributed by atoms with Gasteiger partial charge in [-0.3, -0.25) is 0 Å². The van der Waals surface area contributed by atoms with Crippen LogP contribution in [-0.2, 0) is 6.42 Å². The lowest BCUT2D eigenvalue weighted by Crippen LogP contribution is -1.83. The molecule has 0 N–H and O–H groups in total. The van der Waals surface area contributed by atoms with Gasteiger partial charge in [-0.2, -0.15) is 0 Å². The van der Waals surface area contributed by atoms with Crippen LogP contribution in [0.5, 0.6) is 0 Å². The van der Waals surface area contributed by atoms with Crippen molar-refractivity contribution in [1.82, 2.24) is 0 Å². The monoisotopic (exact) mass is 139 g/mol. The molecular weight excluding hydrogens is 132 g/mol. The minimum atomic E-state index is 0.681. The molecule has 0 aromatic heterocycles. The van der Waals surface area contributed by atoms with Gasteiger partial charge in [0.05, 0.1) is 0 Å².